The van der Waals surface area contributed by atoms with Gasteiger partial charge in [-0.15, -0.1) is 0 Å². The zero-order chi connectivity index (χ0) is 14.0. The fourth-order valence-corrected chi connectivity index (χ4v) is 2.68. The van der Waals surface area contributed by atoms with Crippen LogP contribution >= 0.6 is 11.6 Å². The van der Waals surface area contributed by atoms with Gasteiger partial charge < -0.3 is 5.32 Å². The number of hydrogen-bond donors (Lipinski definition) is 1. The smallest absolute Gasteiger partial charge is 0.275 e. The van der Waals surface area contributed by atoms with Crippen molar-refractivity contribution in [2.45, 2.75) is 33.2 Å². The van der Waals surface area contributed by atoms with E-state index in [2.05, 4.69) is 19.2 Å². The molecule has 19 heavy (non-hydrogen) atoms. The molecule has 0 unspecified atom stereocenters. The maximum atomic E-state index is 11.0. The van der Waals surface area contributed by atoms with E-state index in [4.69, 9.17) is 11.6 Å². The van der Waals surface area contributed by atoms with Crippen LogP contribution in [0.4, 0.5) is 5.69 Å². The Labute approximate surface area is 118 Å². The molecule has 1 N–H and O–H groups in total. The molecule has 0 aromatic heterocycles. The normalized spacial score (nSPS) is 16.6. The number of nitro groups is 1. The Morgan fingerprint density at radius 2 is 2.16 bits per heavy atom. The molecular formula is C14H19ClN2O2. The molecule has 1 saturated carbocycles. The van der Waals surface area contributed by atoms with Gasteiger partial charge in [0.25, 0.3) is 5.69 Å². The second-order valence-electron chi connectivity index (χ2n) is 5.62. The molecule has 0 heterocycles. The number of benzene rings is 1. The summed E-state index contributed by atoms with van der Waals surface area (Å²) in [6.45, 7) is 5.80. The Morgan fingerprint density at radius 3 is 2.68 bits per heavy atom. The lowest BCUT2D eigenvalue weighted by molar-refractivity contribution is -0.385. The Balaban J connectivity index is 2.02. The van der Waals surface area contributed by atoms with E-state index in [0.717, 1.165) is 6.54 Å². The molecule has 0 aliphatic heterocycles. The first kappa shape index (κ1) is 14.3. The minimum atomic E-state index is -0.377. The molecule has 1 aliphatic rings. The first-order valence-electron chi connectivity index (χ1n) is 6.59. The highest BCUT2D eigenvalue weighted by molar-refractivity contribution is 6.31. The maximum absolute atomic E-state index is 11.0. The highest BCUT2D eigenvalue weighted by Crippen LogP contribution is 2.51. The van der Waals surface area contributed by atoms with Crippen molar-refractivity contribution in [2.75, 3.05) is 6.54 Å². The van der Waals surface area contributed by atoms with Crippen molar-refractivity contribution in [3.05, 3.63) is 38.9 Å². The van der Waals surface area contributed by atoms with Crippen LogP contribution in [0.5, 0.6) is 0 Å². The van der Waals surface area contributed by atoms with Crippen LogP contribution in [0.15, 0.2) is 18.2 Å². The zero-order valence-corrected chi connectivity index (χ0v) is 12.0. The van der Waals surface area contributed by atoms with E-state index >= 15 is 0 Å². The summed E-state index contributed by atoms with van der Waals surface area (Å²) in [6, 6.07) is 4.81. The number of hydrogen-bond acceptors (Lipinski definition) is 3. The molecule has 4 nitrogen and oxygen atoms in total. The average Bonchev–Trinajstić information content (AvgIpc) is 3.12. The molecule has 0 saturated heterocycles. The summed E-state index contributed by atoms with van der Waals surface area (Å²) < 4.78 is 0. The molecule has 1 aliphatic carbocycles. The summed E-state index contributed by atoms with van der Waals surface area (Å²) in [7, 11) is 0. The third-order valence-corrected chi connectivity index (χ3v) is 4.54. The lowest BCUT2D eigenvalue weighted by Crippen LogP contribution is -2.27. The Hall–Kier alpha value is -1.13. The van der Waals surface area contributed by atoms with Gasteiger partial charge in [0.2, 0.25) is 0 Å². The summed E-state index contributed by atoms with van der Waals surface area (Å²) in [6.07, 6.45) is 2.48. The number of nitro benzene ring substituents is 1. The van der Waals surface area contributed by atoms with Crippen molar-refractivity contribution in [2.24, 2.45) is 11.3 Å². The van der Waals surface area contributed by atoms with E-state index in [9.17, 15) is 10.1 Å². The van der Waals surface area contributed by atoms with Crippen molar-refractivity contribution in [3.63, 3.8) is 0 Å². The molecule has 0 bridgehead atoms. The van der Waals surface area contributed by atoms with E-state index in [1.807, 2.05) is 0 Å². The zero-order valence-electron chi connectivity index (χ0n) is 11.3. The second kappa shape index (κ2) is 5.47. The first-order chi connectivity index (χ1) is 8.96. The predicted molar refractivity (Wildman–Crippen MR) is 76.3 cm³/mol. The minimum absolute atomic E-state index is 0.0920. The largest absolute Gasteiger partial charge is 0.312 e. The van der Waals surface area contributed by atoms with Crippen LogP contribution in [0.2, 0.25) is 5.02 Å². The number of rotatable bonds is 6. The van der Waals surface area contributed by atoms with Crippen LogP contribution in [-0.4, -0.2) is 11.5 Å². The third-order valence-electron chi connectivity index (χ3n) is 4.19. The molecule has 2 rings (SSSR count). The van der Waals surface area contributed by atoms with Gasteiger partial charge in [0.1, 0.15) is 0 Å². The van der Waals surface area contributed by atoms with Crippen LogP contribution in [0.25, 0.3) is 0 Å². The molecular weight excluding hydrogens is 264 g/mol. The maximum Gasteiger partial charge on any atom is 0.275 e. The van der Waals surface area contributed by atoms with Gasteiger partial charge in [-0.2, -0.15) is 0 Å². The molecule has 0 amide bonds. The van der Waals surface area contributed by atoms with Gasteiger partial charge in [0.15, 0.2) is 0 Å². The Kier molecular flexibility index (Phi) is 4.11. The van der Waals surface area contributed by atoms with Gasteiger partial charge in [-0.3, -0.25) is 10.1 Å². The average molecular weight is 283 g/mol. The van der Waals surface area contributed by atoms with Crippen LogP contribution in [0.3, 0.4) is 0 Å². The summed E-state index contributed by atoms with van der Waals surface area (Å²) in [4.78, 5) is 10.6. The van der Waals surface area contributed by atoms with Gasteiger partial charge in [-0.1, -0.05) is 31.5 Å². The second-order valence-corrected chi connectivity index (χ2v) is 6.02. The van der Waals surface area contributed by atoms with Gasteiger partial charge in [0, 0.05) is 19.2 Å². The van der Waals surface area contributed by atoms with Crippen molar-refractivity contribution in [3.8, 4) is 0 Å². The molecule has 0 radical (unpaired) electrons. The predicted octanol–water partition coefficient (Wildman–Crippen LogP) is 3.77. The van der Waals surface area contributed by atoms with Crippen molar-refractivity contribution >= 4 is 17.3 Å². The lowest BCUT2D eigenvalue weighted by Gasteiger charge is -2.20. The summed E-state index contributed by atoms with van der Waals surface area (Å²) in [5.41, 5.74) is 1.05. The highest BCUT2D eigenvalue weighted by atomic mass is 35.5. The van der Waals surface area contributed by atoms with Crippen LogP contribution in [0.1, 0.15) is 32.3 Å². The topological polar surface area (TPSA) is 55.2 Å². The monoisotopic (exact) mass is 282 g/mol. The Bertz CT molecular complexity index is 484. The van der Waals surface area contributed by atoms with E-state index < -0.39 is 0 Å². The van der Waals surface area contributed by atoms with Gasteiger partial charge in [0.05, 0.1) is 15.5 Å². The fraction of sp³-hybridized carbons (Fsp3) is 0.571. The van der Waals surface area contributed by atoms with Crippen molar-refractivity contribution < 1.29 is 4.92 Å². The first-order valence-corrected chi connectivity index (χ1v) is 6.96. The van der Waals surface area contributed by atoms with Crippen molar-refractivity contribution in [1.29, 1.82) is 0 Å². The van der Waals surface area contributed by atoms with Crippen LogP contribution in [0, 0.1) is 21.4 Å². The van der Waals surface area contributed by atoms with E-state index in [-0.39, 0.29) is 10.6 Å². The van der Waals surface area contributed by atoms with Crippen molar-refractivity contribution in [1.82, 2.24) is 5.32 Å². The van der Waals surface area contributed by atoms with Gasteiger partial charge >= 0.3 is 0 Å². The molecule has 5 heteroatoms. The molecule has 1 fully saturated rings. The quantitative estimate of drug-likeness (QED) is 0.638. The summed E-state index contributed by atoms with van der Waals surface area (Å²) in [5.74, 6) is 0.640. The number of halogens is 1. The van der Waals surface area contributed by atoms with E-state index in [0.29, 0.717) is 28.5 Å². The summed E-state index contributed by atoms with van der Waals surface area (Å²) in [5, 5.41) is 14.8. The standard InChI is InChI=1S/C14H19ClN2O2/c1-10(2)14(6-7-14)9-16-8-11-12(15)4-3-5-13(11)17(18)19/h3-5,10,16H,6-9H2,1-2H3. The molecule has 0 atom stereocenters. The Morgan fingerprint density at radius 1 is 1.47 bits per heavy atom. The molecule has 1 aromatic rings. The fourth-order valence-electron chi connectivity index (χ4n) is 2.45. The number of nitrogens with zero attached hydrogens (tertiary/aromatic N) is 1. The minimum Gasteiger partial charge on any atom is -0.312 e. The lowest BCUT2D eigenvalue weighted by atomic mass is 9.92. The van der Waals surface area contributed by atoms with Gasteiger partial charge in [-0.05, 0) is 30.2 Å². The van der Waals surface area contributed by atoms with E-state index in [1.165, 1.54) is 18.9 Å². The SMILES string of the molecule is CC(C)C1(CNCc2c(Cl)cccc2[N+](=O)[O-])CC1. The van der Waals surface area contributed by atoms with Crippen LogP contribution in [-0.2, 0) is 6.54 Å². The number of nitrogens with one attached hydrogen (secondary N) is 1. The molecule has 1 aromatic carbocycles. The highest BCUT2D eigenvalue weighted by Gasteiger charge is 2.44. The van der Waals surface area contributed by atoms with E-state index in [1.54, 1.807) is 12.1 Å². The van der Waals surface area contributed by atoms with Crippen LogP contribution < -0.4 is 5.32 Å². The molecule has 104 valence electrons. The summed E-state index contributed by atoms with van der Waals surface area (Å²) >= 11 is 6.06. The molecule has 0 spiro atoms. The third kappa shape index (κ3) is 3.07. The van der Waals surface area contributed by atoms with Gasteiger partial charge in [-0.25, -0.2) is 0 Å².